The van der Waals surface area contributed by atoms with Crippen LogP contribution in [0.1, 0.15) is 51.6 Å². The number of nitrogens with two attached hydrogens (primary N) is 1. The molecule has 0 aliphatic heterocycles. The minimum absolute atomic E-state index is 0.281. The molecule has 0 amide bonds. The van der Waals surface area contributed by atoms with Crippen LogP contribution in [0.5, 0.6) is 0 Å². The summed E-state index contributed by atoms with van der Waals surface area (Å²) in [6.07, 6.45) is 5.58. The summed E-state index contributed by atoms with van der Waals surface area (Å²) < 4.78 is 1.88. The Morgan fingerprint density at radius 2 is 2.06 bits per heavy atom. The Morgan fingerprint density at radius 3 is 2.59 bits per heavy atom. The molecule has 2 rings (SSSR count). The van der Waals surface area contributed by atoms with Crippen molar-refractivity contribution in [2.75, 3.05) is 0 Å². The van der Waals surface area contributed by atoms with Gasteiger partial charge in [-0.05, 0) is 36.7 Å². The van der Waals surface area contributed by atoms with Gasteiger partial charge in [-0.15, -0.1) is 0 Å². The molecule has 2 N–H and O–H groups in total. The van der Waals surface area contributed by atoms with E-state index >= 15 is 0 Å². The van der Waals surface area contributed by atoms with Crippen molar-refractivity contribution in [2.45, 2.75) is 52.0 Å². The molecular formula is C14H25N3. The SMILES string of the molecule is Cn1ccc(C2CC(C(C)(C)C)CCC2N)n1. The molecule has 96 valence electrons. The second kappa shape index (κ2) is 4.45. The summed E-state index contributed by atoms with van der Waals surface area (Å²) in [4.78, 5) is 0. The number of rotatable bonds is 1. The quantitative estimate of drug-likeness (QED) is 0.813. The summed E-state index contributed by atoms with van der Waals surface area (Å²) in [7, 11) is 1.97. The van der Waals surface area contributed by atoms with Gasteiger partial charge in [-0.1, -0.05) is 20.8 Å². The van der Waals surface area contributed by atoms with Gasteiger partial charge < -0.3 is 5.73 Å². The van der Waals surface area contributed by atoms with Crippen LogP contribution in [-0.2, 0) is 7.05 Å². The lowest BCUT2D eigenvalue weighted by Gasteiger charge is -2.40. The van der Waals surface area contributed by atoms with Crippen LogP contribution >= 0.6 is 0 Å². The van der Waals surface area contributed by atoms with Crippen molar-refractivity contribution in [3.8, 4) is 0 Å². The zero-order valence-corrected chi connectivity index (χ0v) is 11.5. The lowest BCUT2D eigenvalue weighted by Crippen LogP contribution is -2.38. The largest absolute Gasteiger partial charge is 0.327 e. The predicted octanol–water partition coefficient (Wildman–Crippen LogP) is 2.68. The van der Waals surface area contributed by atoms with E-state index in [2.05, 4.69) is 31.9 Å². The Bertz CT molecular complexity index is 375. The van der Waals surface area contributed by atoms with Gasteiger partial charge in [-0.2, -0.15) is 5.10 Å². The van der Waals surface area contributed by atoms with Crippen LogP contribution in [-0.4, -0.2) is 15.8 Å². The monoisotopic (exact) mass is 235 g/mol. The summed E-state index contributed by atoms with van der Waals surface area (Å²) in [6, 6.07) is 2.40. The van der Waals surface area contributed by atoms with Crippen molar-refractivity contribution < 1.29 is 0 Å². The highest BCUT2D eigenvalue weighted by Gasteiger charge is 2.35. The molecule has 3 atom stereocenters. The molecule has 3 heteroatoms. The molecule has 0 saturated heterocycles. The molecule has 0 spiro atoms. The number of hydrogen-bond donors (Lipinski definition) is 1. The number of nitrogens with zero attached hydrogens (tertiary/aromatic N) is 2. The lowest BCUT2D eigenvalue weighted by atomic mass is 9.67. The predicted molar refractivity (Wildman–Crippen MR) is 70.7 cm³/mol. The molecule has 3 nitrogen and oxygen atoms in total. The van der Waals surface area contributed by atoms with Gasteiger partial charge in [0.2, 0.25) is 0 Å². The van der Waals surface area contributed by atoms with E-state index in [1.165, 1.54) is 18.5 Å². The molecule has 1 aromatic rings. The van der Waals surface area contributed by atoms with Crippen LogP contribution in [0.15, 0.2) is 12.3 Å². The maximum atomic E-state index is 6.28. The fourth-order valence-corrected chi connectivity index (χ4v) is 2.95. The minimum atomic E-state index is 0.281. The molecule has 0 bridgehead atoms. The first-order valence-corrected chi connectivity index (χ1v) is 6.63. The van der Waals surface area contributed by atoms with Crippen molar-refractivity contribution in [1.29, 1.82) is 0 Å². The molecule has 17 heavy (non-hydrogen) atoms. The molecule has 1 aromatic heterocycles. The summed E-state index contributed by atoms with van der Waals surface area (Å²) in [6.45, 7) is 7.01. The average molecular weight is 235 g/mol. The molecular weight excluding hydrogens is 210 g/mol. The van der Waals surface area contributed by atoms with Gasteiger partial charge >= 0.3 is 0 Å². The van der Waals surface area contributed by atoms with Crippen LogP contribution in [0, 0.1) is 11.3 Å². The molecule has 3 unspecified atom stereocenters. The molecule has 1 aliphatic rings. The topological polar surface area (TPSA) is 43.8 Å². The number of hydrogen-bond acceptors (Lipinski definition) is 2. The first kappa shape index (κ1) is 12.6. The molecule has 1 heterocycles. The fourth-order valence-electron chi connectivity index (χ4n) is 2.95. The second-order valence-corrected chi connectivity index (χ2v) is 6.56. The van der Waals surface area contributed by atoms with Gasteiger partial charge in [-0.3, -0.25) is 4.68 Å². The second-order valence-electron chi connectivity index (χ2n) is 6.56. The third-order valence-electron chi connectivity index (χ3n) is 4.24. The van der Waals surface area contributed by atoms with E-state index < -0.39 is 0 Å². The van der Waals surface area contributed by atoms with Crippen LogP contribution in [0.2, 0.25) is 0 Å². The smallest absolute Gasteiger partial charge is 0.0670 e. The summed E-state index contributed by atoms with van der Waals surface area (Å²) >= 11 is 0. The Balaban J connectivity index is 2.15. The highest BCUT2D eigenvalue weighted by molar-refractivity contribution is 5.12. The Labute approximate surface area is 104 Å². The lowest BCUT2D eigenvalue weighted by molar-refractivity contribution is 0.152. The summed E-state index contributed by atoms with van der Waals surface area (Å²) in [5.41, 5.74) is 7.83. The Hall–Kier alpha value is -0.830. The average Bonchev–Trinajstić information content (AvgIpc) is 2.63. The van der Waals surface area contributed by atoms with Crippen molar-refractivity contribution in [1.82, 2.24) is 9.78 Å². The van der Waals surface area contributed by atoms with Gasteiger partial charge in [0.05, 0.1) is 5.69 Å². The Kier molecular flexibility index (Phi) is 3.30. The molecule has 0 aromatic carbocycles. The van der Waals surface area contributed by atoms with Crippen molar-refractivity contribution in [3.63, 3.8) is 0 Å². The van der Waals surface area contributed by atoms with Gasteiger partial charge in [0.15, 0.2) is 0 Å². The molecule has 1 saturated carbocycles. The highest BCUT2D eigenvalue weighted by atomic mass is 15.2. The van der Waals surface area contributed by atoms with Crippen molar-refractivity contribution >= 4 is 0 Å². The third-order valence-corrected chi connectivity index (χ3v) is 4.24. The maximum absolute atomic E-state index is 6.28. The Morgan fingerprint density at radius 1 is 1.35 bits per heavy atom. The van der Waals surface area contributed by atoms with Crippen LogP contribution in [0.25, 0.3) is 0 Å². The van der Waals surface area contributed by atoms with Crippen LogP contribution in [0.4, 0.5) is 0 Å². The fraction of sp³-hybridized carbons (Fsp3) is 0.786. The van der Waals surface area contributed by atoms with E-state index in [1.54, 1.807) is 0 Å². The third kappa shape index (κ3) is 2.71. The molecule has 1 aliphatic carbocycles. The van der Waals surface area contributed by atoms with E-state index in [0.29, 0.717) is 11.3 Å². The first-order chi connectivity index (χ1) is 7.88. The molecule has 0 radical (unpaired) electrons. The van der Waals surface area contributed by atoms with Gasteiger partial charge in [0.1, 0.15) is 0 Å². The van der Waals surface area contributed by atoms with Crippen LogP contribution < -0.4 is 5.73 Å². The number of aromatic nitrogens is 2. The number of aryl methyl sites for hydroxylation is 1. The van der Waals surface area contributed by atoms with Crippen LogP contribution in [0.3, 0.4) is 0 Å². The zero-order chi connectivity index (χ0) is 12.6. The first-order valence-electron chi connectivity index (χ1n) is 6.63. The van der Waals surface area contributed by atoms with Crippen molar-refractivity contribution in [3.05, 3.63) is 18.0 Å². The summed E-state index contributed by atoms with van der Waals surface area (Å²) in [5, 5.41) is 4.54. The normalized spacial score (nSPS) is 30.5. The van der Waals surface area contributed by atoms with Gasteiger partial charge in [0, 0.05) is 25.2 Å². The zero-order valence-electron chi connectivity index (χ0n) is 11.5. The van der Waals surface area contributed by atoms with Crippen molar-refractivity contribution in [2.24, 2.45) is 24.1 Å². The highest BCUT2D eigenvalue weighted by Crippen LogP contribution is 2.43. The van der Waals surface area contributed by atoms with E-state index in [1.807, 2.05) is 17.9 Å². The van der Waals surface area contributed by atoms with Gasteiger partial charge in [0.25, 0.3) is 0 Å². The van der Waals surface area contributed by atoms with E-state index in [4.69, 9.17) is 5.73 Å². The standard InChI is InChI=1S/C14H25N3/c1-14(2,3)10-5-6-12(15)11(9-10)13-7-8-17(4)16-13/h7-8,10-12H,5-6,9,15H2,1-4H3. The summed E-state index contributed by atoms with van der Waals surface area (Å²) in [5.74, 6) is 1.20. The van der Waals surface area contributed by atoms with E-state index in [9.17, 15) is 0 Å². The van der Waals surface area contributed by atoms with Gasteiger partial charge in [-0.25, -0.2) is 0 Å². The maximum Gasteiger partial charge on any atom is 0.0670 e. The van der Waals surface area contributed by atoms with E-state index in [-0.39, 0.29) is 6.04 Å². The minimum Gasteiger partial charge on any atom is -0.327 e. The van der Waals surface area contributed by atoms with E-state index in [0.717, 1.165) is 12.3 Å². The molecule has 1 fully saturated rings.